The van der Waals surface area contributed by atoms with Gasteiger partial charge in [-0.3, -0.25) is 0 Å². The molecular weight excluding hydrogens is 140 g/mol. The van der Waals surface area contributed by atoms with E-state index in [2.05, 4.69) is 11.8 Å². The Kier molecular flexibility index (Phi) is 2.22. The Morgan fingerprint density at radius 1 is 0.900 bits per heavy atom. The average molecular weight is 156 g/mol. The standard InChI is InChI=1S/C9H16S/c1-2-4-9-7-10-6-5-8(9)3-1/h8-9H,1-7H2/t8-,9+/m1/s1. The topological polar surface area (TPSA) is 0 Å². The van der Waals surface area contributed by atoms with Gasteiger partial charge in [-0.2, -0.15) is 11.8 Å². The lowest BCUT2D eigenvalue weighted by Gasteiger charge is -2.34. The molecule has 10 heavy (non-hydrogen) atoms. The highest BCUT2D eigenvalue weighted by atomic mass is 32.2. The summed E-state index contributed by atoms with van der Waals surface area (Å²) in [5.74, 6) is 5.17. The van der Waals surface area contributed by atoms with Crippen molar-refractivity contribution >= 4 is 11.8 Å². The molecule has 0 aromatic rings. The van der Waals surface area contributed by atoms with Crippen molar-refractivity contribution in [3.05, 3.63) is 0 Å². The van der Waals surface area contributed by atoms with Crippen molar-refractivity contribution < 1.29 is 0 Å². The van der Waals surface area contributed by atoms with E-state index in [-0.39, 0.29) is 0 Å². The lowest BCUT2D eigenvalue weighted by Crippen LogP contribution is -2.25. The fraction of sp³-hybridized carbons (Fsp3) is 1.00. The first-order valence-corrected chi connectivity index (χ1v) is 5.70. The van der Waals surface area contributed by atoms with Crippen LogP contribution in [-0.4, -0.2) is 11.5 Å². The molecule has 0 N–H and O–H groups in total. The summed E-state index contributed by atoms with van der Waals surface area (Å²) in [6.45, 7) is 0. The van der Waals surface area contributed by atoms with E-state index < -0.39 is 0 Å². The molecule has 0 amide bonds. The summed E-state index contributed by atoms with van der Waals surface area (Å²) >= 11 is 2.18. The molecule has 2 fully saturated rings. The molecule has 1 heteroatoms. The van der Waals surface area contributed by atoms with Crippen LogP contribution < -0.4 is 0 Å². The second-order valence-electron chi connectivity index (χ2n) is 3.67. The molecule has 0 aromatic carbocycles. The third-order valence-corrected chi connectivity index (χ3v) is 4.22. The molecule has 1 aliphatic heterocycles. The fourth-order valence-corrected chi connectivity index (χ4v) is 3.73. The van der Waals surface area contributed by atoms with E-state index in [0.29, 0.717) is 0 Å². The molecular formula is C9H16S. The summed E-state index contributed by atoms with van der Waals surface area (Å²) in [6, 6.07) is 0. The van der Waals surface area contributed by atoms with Gasteiger partial charge in [-0.25, -0.2) is 0 Å². The molecule has 1 saturated heterocycles. The van der Waals surface area contributed by atoms with Crippen LogP contribution in [0.4, 0.5) is 0 Å². The van der Waals surface area contributed by atoms with E-state index in [1.54, 1.807) is 6.42 Å². The number of fused-ring (bicyclic) bond motifs is 1. The van der Waals surface area contributed by atoms with Gasteiger partial charge < -0.3 is 0 Å². The minimum absolute atomic E-state index is 1.12. The van der Waals surface area contributed by atoms with Crippen LogP contribution in [0.25, 0.3) is 0 Å². The van der Waals surface area contributed by atoms with Gasteiger partial charge in [0.15, 0.2) is 0 Å². The molecule has 0 bridgehead atoms. The Morgan fingerprint density at radius 2 is 1.70 bits per heavy atom. The molecule has 0 aromatic heterocycles. The van der Waals surface area contributed by atoms with Gasteiger partial charge >= 0.3 is 0 Å². The van der Waals surface area contributed by atoms with Crippen molar-refractivity contribution in [2.45, 2.75) is 32.1 Å². The minimum atomic E-state index is 1.12. The maximum absolute atomic E-state index is 2.18. The third-order valence-electron chi connectivity index (χ3n) is 3.03. The average Bonchev–Trinajstić information content (AvgIpc) is 2.05. The highest BCUT2D eigenvalue weighted by Gasteiger charge is 2.27. The second kappa shape index (κ2) is 3.17. The van der Waals surface area contributed by atoms with Crippen LogP contribution in [0.5, 0.6) is 0 Å². The summed E-state index contributed by atoms with van der Waals surface area (Å²) in [5, 5.41) is 0. The summed E-state index contributed by atoms with van der Waals surface area (Å²) in [4.78, 5) is 0. The Morgan fingerprint density at radius 3 is 2.50 bits per heavy atom. The van der Waals surface area contributed by atoms with Gasteiger partial charge in [-0.15, -0.1) is 0 Å². The van der Waals surface area contributed by atoms with Crippen molar-refractivity contribution in [1.82, 2.24) is 0 Å². The Hall–Kier alpha value is 0.350. The predicted octanol–water partition coefficient (Wildman–Crippen LogP) is 2.93. The van der Waals surface area contributed by atoms with Gasteiger partial charge in [-0.05, 0) is 36.2 Å². The summed E-state index contributed by atoms with van der Waals surface area (Å²) in [5.41, 5.74) is 0. The van der Waals surface area contributed by atoms with Gasteiger partial charge in [0.05, 0.1) is 0 Å². The largest absolute Gasteiger partial charge is 0.162 e. The molecule has 1 aliphatic carbocycles. The smallest absolute Gasteiger partial charge is 0.00365 e. The molecule has 0 spiro atoms. The summed E-state index contributed by atoms with van der Waals surface area (Å²) < 4.78 is 0. The number of rotatable bonds is 0. The van der Waals surface area contributed by atoms with Crippen molar-refractivity contribution in [2.75, 3.05) is 11.5 Å². The van der Waals surface area contributed by atoms with Crippen LogP contribution in [0.3, 0.4) is 0 Å². The molecule has 2 aliphatic rings. The van der Waals surface area contributed by atoms with Crippen LogP contribution in [0.2, 0.25) is 0 Å². The first kappa shape index (κ1) is 7.02. The van der Waals surface area contributed by atoms with Crippen LogP contribution in [0.1, 0.15) is 32.1 Å². The lowest BCUT2D eigenvalue weighted by atomic mass is 9.79. The maximum Gasteiger partial charge on any atom is -0.00365 e. The van der Waals surface area contributed by atoms with E-state index in [4.69, 9.17) is 0 Å². The van der Waals surface area contributed by atoms with Crippen molar-refractivity contribution in [3.63, 3.8) is 0 Å². The fourth-order valence-electron chi connectivity index (χ4n) is 2.35. The number of hydrogen-bond donors (Lipinski definition) is 0. The quantitative estimate of drug-likeness (QED) is 0.519. The minimum Gasteiger partial charge on any atom is -0.162 e. The number of hydrogen-bond acceptors (Lipinski definition) is 1. The second-order valence-corrected chi connectivity index (χ2v) is 4.82. The third kappa shape index (κ3) is 1.34. The zero-order valence-corrected chi connectivity index (χ0v) is 7.33. The molecule has 0 radical (unpaired) electrons. The molecule has 0 unspecified atom stereocenters. The Labute approximate surface area is 67.8 Å². The normalized spacial score (nSPS) is 40.8. The number of thioether (sulfide) groups is 1. The Balaban J connectivity index is 1.93. The predicted molar refractivity (Wildman–Crippen MR) is 47.4 cm³/mol. The van der Waals surface area contributed by atoms with E-state index in [1.165, 1.54) is 37.2 Å². The SMILES string of the molecule is C1CC[C@H]2CSCC[C@H]2C1. The van der Waals surface area contributed by atoms with E-state index in [1.807, 2.05) is 0 Å². The Bertz CT molecular complexity index is 85.3. The molecule has 58 valence electrons. The van der Waals surface area contributed by atoms with Crippen molar-refractivity contribution in [3.8, 4) is 0 Å². The van der Waals surface area contributed by atoms with Crippen LogP contribution in [-0.2, 0) is 0 Å². The van der Waals surface area contributed by atoms with E-state index in [9.17, 15) is 0 Å². The summed E-state index contributed by atoms with van der Waals surface area (Å²) in [6.07, 6.45) is 7.64. The van der Waals surface area contributed by atoms with Gasteiger partial charge in [0.2, 0.25) is 0 Å². The monoisotopic (exact) mass is 156 g/mol. The molecule has 0 nitrogen and oxygen atoms in total. The highest BCUT2D eigenvalue weighted by Crippen LogP contribution is 2.38. The van der Waals surface area contributed by atoms with Crippen LogP contribution >= 0.6 is 11.8 Å². The first-order valence-electron chi connectivity index (χ1n) is 4.54. The summed E-state index contributed by atoms with van der Waals surface area (Å²) in [7, 11) is 0. The van der Waals surface area contributed by atoms with Gasteiger partial charge in [-0.1, -0.05) is 19.3 Å². The zero-order valence-electron chi connectivity index (χ0n) is 6.51. The van der Waals surface area contributed by atoms with Crippen LogP contribution in [0, 0.1) is 11.8 Å². The van der Waals surface area contributed by atoms with Gasteiger partial charge in [0.1, 0.15) is 0 Å². The van der Waals surface area contributed by atoms with Gasteiger partial charge in [0.25, 0.3) is 0 Å². The molecule has 2 rings (SSSR count). The maximum atomic E-state index is 2.18. The van der Waals surface area contributed by atoms with E-state index in [0.717, 1.165) is 11.8 Å². The molecule has 1 heterocycles. The van der Waals surface area contributed by atoms with Gasteiger partial charge in [0, 0.05) is 0 Å². The van der Waals surface area contributed by atoms with Crippen molar-refractivity contribution in [2.24, 2.45) is 11.8 Å². The highest BCUT2D eigenvalue weighted by molar-refractivity contribution is 7.99. The molecule has 1 saturated carbocycles. The van der Waals surface area contributed by atoms with Crippen molar-refractivity contribution in [1.29, 1.82) is 0 Å². The van der Waals surface area contributed by atoms with Crippen LogP contribution in [0.15, 0.2) is 0 Å². The zero-order chi connectivity index (χ0) is 6.81. The lowest BCUT2D eigenvalue weighted by molar-refractivity contribution is 0.249. The first-order chi connectivity index (χ1) is 4.97. The van der Waals surface area contributed by atoms with E-state index >= 15 is 0 Å². The molecule has 2 atom stereocenters.